The van der Waals surface area contributed by atoms with E-state index in [4.69, 9.17) is 0 Å². The first kappa shape index (κ1) is 21.1. The zero-order chi connectivity index (χ0) is 20.4. The van der Waals surface area contributed by atoms with Gasteiger partial charge in [0.15, 0.2) is 0 Å². The third-order valence-electron chi connectivity index (χ3n) is 3.99. The fourth-order valence-corrected chi connectivity index (χ4v) is 4.76. The molecule has 0 saturated carbocycles. The number of rotatable bonds is 6. The van der Waals surface area contributed by atoms with Gasteiger partial charge in [0.05, 0.1) is 17.4 Å². The second kappa shape index (κ2) is 7.82. The second-order valence-electron chi connectivity index (χ2n) is 7.71. The average Bonchev–Trinajstić information content (AvgIpc) is 2.80. The first-order valence-electron chi connectivity index (χ1n) is 8.83. The number of sulfonamides is 1. The number of carbonyl (C=O) groups excluding carboxylic acids is 1. The molecule has 0 aliphatic carbocycles. The molecule has 1 amide bonds. The number of hydrogen-bond acceptors (Lipinski definition) is 4. The predicted octanol–water partition coefficient (Wildman–Crippen LogP) is 2.45. The summed E-state index contributed by atoms with van der Waals surface area (Å²) in [5, 5.41) is 7.18. The Labute approximate surface area is 161 Å². The van der Waals surface area contributed by atoms with Crippen LogP contribution in [0.2, 0.25) is 0 Å². The predicted molar refractivity (Wildman–Crippen MR) is 105 cm³/mol. The van der Waals surface area contributed by atoms with Crippen LogP contribution in [0.3, 0.4) is 0 Å². The third-order valence-corrected chi connectivity index (χ3v) is 6.00. The van der Waals surface area contributed by atoms with Crippen LogP contribution in [0.5, 0.6) is 0 Å². The molecular formula is C19H28N4O3S. The number of nitrogens with one attached hydrogen (secondary N) is 2. The Bertz CT molecular complexity index is 912. The average molecular weight is 393 g/mol. The molecule has 1 atom stereocenters. The van der Waals surface area contributed by atoms with Gasteiger partial charge in [-0.15, -0.1) is 0 Å². The summed E-state index contributed by atoms with van der Waals surface area (Å²) in [4.78, 5) is 12.5. The number of benzene rings is 1. The van der Waals surface area contributed by atoms with Gasteiger partial charge in [-0.25, -0.2) is 13.1 Å². The highest BCUT2D eigenvalue weighted by molar-refractivity contribution is 7.89. The van der Waals surface area contributed by atoms with E-state index in [-0.39, 0.29) is 23.4 Å². The van der Waals surface area contributed by atoms with Gasteiger partial charge in [-0.3, -0.25) is 9.48 Å². The van der Waals surface area contributed by atoms with Gasteiger partial charge in [-0.2, -0.15) is 5.10 Å². The lowest BCUT2D eigenvalue weighted by Crippen LogP contribution is -2.40. The van der Waals surface area contributed by atoms with Gasteiger partial charge in [0.25, 0.3) is 0 Å². The molecule has 7 nitrogen and oxygen atoms in total. The first-order chi connectivity index (χ1) is 12.4. The lowest BCUT2D eigenvalue weighted by Gasteiger charge is -2.20. The van der Waals surface area contributed by atoms with Gasteiger partial charge in [0, 0.05) is 5.54 Å². The van der Waals surface area contributed by atoms with Crippen molar-refractivity contribution >= 4 is 15.9 Å². The van der Waals surface area contributed by atoms with E-state index in [1.165, 1.54) is 4.68 Å². The van der Waals surface area contributed by atoms with Crippen molar-refractivity contribution in [2.75, 3.05) is 0 Å². The van der Waals surface area contributed by atoms with Crippen LogP contribution in [0.1, 0.15) is 50.7 Å². The number of aryl methyl sites for hydroxylation is 1. The van der Waals surface area contributed by atoms with Crippen LogP contribution in [0.25, 0.3) is 0 Å². The zero-order valence-electron chi connectivity index (χ0n) is 16.7. The van der Waals surface area contributed by atoms with Gasteiger partial charge < -0.3 is 5.32 Å². The largest absolute Gasteiger partial charge is 0.348 e. The quantitative estimate of drug-likeness (QED) is 0.790. The normalized spacial score (nSPS) is 13.4. The van der Waals surface area contributed by atoms with E-state index in [2.05, 4.69) is 15.1 Å². The van der Waals surface area contributed by atoms with E-state index in [1.54, 1.807) is 34.6 Å². The van der Waals surface area contributed by atoms with Crippen molar-refractivity contribution in [3.05, 3.63) is 47.3 Å². The molecule has 0 radical (unpaired) electrons. The molecule has 0 aliphatic heterocycles. The van der Waals surface area contributed by atoms with Gasteiger partial charge in [-0.05, 0) is 47.1 Å². The Kier molecular flexibility index (Phi) is 6.11. The minimum Gasteiger partial charge on any atom is -0.348 e. The monoisotopic (exact) mass is 392 g/mol. The van der Waals surface area contributed by atoms with E-state index >= 15 is 0 Å². The number of carbonyl (C=O) groups is 1. The maximum atomic E-state index is 12.7. The molecule has 0 spiro atoms. The molecule has 2 aromatic rings. The number of nitrogens with zero attached hydrogens (tertiary/aromatic N) is 2. The number of aromatic nitrogens is 2. The SMILES string of the molecule is Cc1nn(CC(=O)NC(C)c2ccccc2)c(C)c1S(=O)(=O)NC(C)(C)C. The molecule has 148 valence electrons. The summed E-state index contributed by atoms with van der Waals surface area (Å²) in [5.74, 6) is -0.232. The van der Waals surface area contributed by atoms with Crippen LogP contribution >= 0.6 is 0 Å². The molecule has 0 aliphatic rings. The molecule has 1 aromatic heterocycles. The van der Waals surface area contributed by atoms with Gasteiger partial charge in [-0.1, -0.05) is 30.3 Å². The third kappa shape index (κ3) is 5.40. The molecule has 1 unspecified atom stereocenters. The van der Waals surface area contributed by atoms with Crippen molar-refractivity contribution in [1.82, 2.24) is 19.8 Å². The van der Waals surface area contributed by atoms with Crippen molar-refractivity contribution in [2.24, 2.45) is 0 Å². The highest BCUT2D eigenvalue weighted by atomic mass is 32.2. The molecule has 1 aromatic carbocycles. The van der Waals surface area contributed by atoms with Crippen LogP contribution in [0, 0.1) is 13.8 Å². The Hall–Kier alpha value is -2.19. The first-order valence-corrected chi connectivity index (χ1v) is 10.3. The highest BCUT2D eigenvalue weighted by Crippen LogP contribution is 2.21. The molecule has 0 saturated heterocycles. The Morgan fingerprint density at radius 2 is 1.78 bits per heavy atom. The topological polar surface area (TPSA) is 93.1 Å². The van der Waals surface area contributed by atoms with Gasteiger partial charge in [0.1, 0.15) is 11.4 Å². The Morgan fingerprint density at radius 1 is 1.19 bits per heavy atom. The summed E-state index contributed by atoms with van der Waals surface area (Å²) in [7, 11) is -3.73. The van der Waals surface area contributed by atoms with Crippen molar-refractivity contribution in [3.8, 4) is 0 Å². The molecular weight excluding hydrogens is 364 g/mol. The fourth-order valence-electron chi connectivity index (χ4n) is 2.93. The smallest absolute Gasteiger partial charge is 0.244 e. The maximum absolute atomic E-state index is 12.7. The maximum Gasteiger partial charge on any atom is 0.244 e. The standard InChI is InChI=1S/C19H28N4O3S/c1-13(16-10-8-7-9-11-16)20-17(24)12-23-15(3)18(14(2)21-23)27(25,26)22-19(4,5)6/h7-11,13,22H,12H2,1-6H3,(H,20,24). The number of amides is 1. The van der Waals surface area contributed by atoms with E-state index in [0.717, 1.165) is 5.56 Å². The summed E-state index contributed by atoms with van der Waals surface area (Å²) >= 11 is 0. The van der Waals surface area contributed by atoms with E-state index in [1.807, 2.05) is 37.3 Å². The molecule has 8 heteroatoms. The lowest BCUT2D eigenvalue weighted by molar-refractivity contribution is -0.122. The molecule has 0 bridgehead atoms. The zero-order valence-corrected chi connectivity index (χ0v) is 17.5. The van der Waals surface area contributed by atoms with Gasteiger partial charge in [0.2, 0.25) is 15.9 Å². The van der Waals surface area contributed by atoms with Crippen LogP contribution in [-0.2, 0) is 21.4 Å². The van der Waals surface area contributed by atoms with Crippen molar-refractivity contribution in [2.45, 2.75) is 64.6 Å². The molecule has 27 heavy (non-hydrogen) atoms. The molecule has 2 N–H and O–H groups in total. The molecule has 1 heterocycles. The lowest BCUT2D eigenvalue weighted by atomic mass is 10.1. The van der Waals surface area contributed by atoms with E-state index in [9.17, 15) is 13.2 Å². The second-order valence-corrected chi connectivity index (χ2v) is 9.33. The molecule has 0 fully saturated rings. The number of hydrogen-bond donors (Lipinski definition) is 2. The van der Waals surface area contributed by atoms with Gasteiger partial charge >= 0.3 is 0 Å². The van der Waals surface area contributed by atoms with E-state index in [0.29, 0.717) is 11.4 Å². The highest BCUT2D eigenvalue weighted by Gasteiger charge is 2.29. The summed E-state index contributed by atoms with van der Waals surface area (Å²) in [5.41, 5.74) is 1.19. The van der Waals surface area contributed by atoms with Crippen molar-refractivity contribution < 1.29 is 13.2 Å². The van der Waals surface area contributed by atoms with Crippen LogP contribution in [0.15, 0.2) is 35.2 Å². The minimum atomic E-state index is -3.73. The Morgan fingerprint density at radius 3 is 2.33 bits per heavy atom. The summed E-state index contributed by atoms with van der Waals surface area (Å²) in [6, 6.07) is 9.48. The van der Waals surface area contributed by atoms with Crippen molar-refractivity contribution in [1.29, 1.82) is 0 Å². The van der Waals surface area contributed by atoms with E-state index < -0.39 is 15.6 Å². The Balaban J connectivity index is 2.18. The van der Waals surface area contributed by atoms with Crippen LogP contribution in [0.4, 0.5) is 0 Å². The van der Waals surface area contributed by atoms with Crippen LogP contribution in [-0.4, -0.2) is 29.6 Å². The fraction of sp³-hybridized carbons (Fsp3) is 0.474. The van der Waals surface area contributed by atoms with Crippen LogP contribution < -0.4 is 10.0 Å². The summed E-state index contributed by atoms with van der Waals surface area (Å²) < 4.78 is 29.4. The molecule has 2 rings (SSSR count). The summed E-state index contributed by atoms with van der Waals surface area (Å²) in [6.07, 6.45) is 0. The summed E-state index contributed by atoms with van der Waals surface area (Å²) in [6.45, 7) is 10.5. The minimum absolute atomic E-state index is 0.0467. The van der Waals surface area contributed by atoms with Crippen molar-refractivity contribution in [3.63, 3.8) is 0 Å².